The average Bonchev–Trinajstić information content (AvgIpc) is 3.33. The summed E-state index contributed by atoms with van der Waals surface area (Å²) in [4.78, 5) is 4.48. The van der Waals surface area contributed by atoms with Crippen LogP contribution in [0.25, 0.3) is 10.9 Å². The maximum absolute atomic E-state index is 12.5. The summed E-state index contributed by atoms with van der Waals surface area (Å²) in [6, 6.07) is 12.7. The molecule has 0 fully saturated rings. The van der Waals surface area contributed by atoms with E-state index in [1.54, 1.807) is 6.07 Å². The normalized spacial score (nSPS) is 18.2. The van der Waals surface area contributed by atoms with Gasteiger partial charge in [-0.1, -0.05) is 41.4 Å². The van der Waals surface area contributed by atoms with Gasteiger partial charge in [0.15, 0.2) is 11.5 Å². The molecule has 0 saturated carbocycles. The Morgan fingerprint density at radius 1 is 1.10 bits per heavy atom. The van der Waals surface area contributed by atoms with E-state index in [-0.39, 0.29) is 11.9 Å². The number of aryl methyl sites for hydroxylation is 1. The molecule has 2 aromatic carbocycles. The number of halogens is 1. The largest absolute Gasteiger partial charge is 0.454 e. The van der Waals surface area contributed by atoms with Crippen molar-refractivity contribution in [3.8, 4) is 11.5 Å². The average molecular weight is 444 g/mol. The molecule has 0 radical (unpaired) electrons. The lowest BCUT2D eigenvalue weighted by atomic mass is 9.98. The van der Waals surface area contributed by atoms with Crippen LogP contribution in [0.1, 0.15) is 29.2 Å². The molecule has 0 saturated heterocycles. The number of nitrogens with zero attached hydrogens (tertiary/aromatic N) is 3. The molecule has 2 aliphatic rings. The second-order valence-electron chi connectivity index (χ2n) is 7.43. The lowest BCUT2D eigenvalue weighted by Gasteiger charge is -2.22. The van der Waals surface area contributed by atoms with Crippen LogP contribution in [0.4, 0.5) is 0 Å². The predicted molar refractivity (Wildman–Crippen MR) is 115 cm³/mol. The minimum Gasteiger partial charge on any atom is -0.454 e. The fourth-order valence-electron chi connectivity index (χ4n) is 3.74. The van der Waals surface area contributed by atoms with Gasteiger partial charge in [-0.3, -0.25) is 0 Å². The lowest BCUT2D eigenvalue weighted by Crippen LogP contribution is -2.26. The highest BCUT2D eigenvalue weighted by molar-refractivity contribution is 7.88. The summed E-state index contributed by atoms with van der Waals surface area (Å²) < 4.78 is 37.0. The van der Waals surface area contributed by atoms with E-state index in [1.165, 1.54) is 0 Å². The number of benzene rings is 2. The van der Waals surface area contributed by atoms with Crippen molar-refractivity contribution in [1.82, 2.24) is 9.40 Å². The molecule has 30 heavy (non-hydrogen) atoms. The summed E-state index contributed by atoms with van der Waals surface area (Å²) in [6.07, 6.45) is 1.54. The molecule has 0 N–H and O–H groups in total. The molecular weight excluding hydrogens is 426 g/mol. The minimum absolute atomic E-state index is 0.157. The number of hydrazone groups is 1. The lowest BCUT2D eigenvalue weighted by molar-refractivity contribution is 0.174. The molecule has 154 valence electrons. The first-order valence-electron chi connectivity index (χ1n) is 9.33. The standard InChI is InChI=1S/C21H18ClN3O4S/c1-12-3-5-13(6-4-12)17-9-18(25(24-17)30(2,26)27)15-7-14-8-19-20(29-11-28-19)10-16(14)23-21(15)22/h3-8,10,18H,9,11H2,1-2H3/t18-/m1/s1. The molecule has 3 heterocycles. The van der Waals surface area contributed by atoms with Gasteiger partial charge < -0.3 is 9.47 Å². The number of sulfonamides is 1. The molecule has 0 bridgehead atoms. The molecule has 0 aliphatic carbocycles. The van der Waals surface area contributed by atoms with E-state index in [1.807, 2.05) is 43.3 Å². The first-order valence-corrected chi connectivity index (χ1v) is 11.6. The fraction of sp³-hybridized carbons (Fsp3) is 0.238. The van der Waals surface area contributed by atoms with E-state index in [0.717, 1.165) is 27.2 Å². The third-order valence-electron chi connectivity index (χ3n) is 5.25. The Bertz CT molecular complexity index is 1310. The Labute approximate surface area is 178 Å². The van der Waals surface area contributed by atoms with Crippen molar-refractivity contribution in [2.24, 2.45) is 5.10 Å². The van der Waals surface area contributed by atoms with Gasteiger partial charge in [0.1, 0.15) is 5.15 Å². The van der Waals surface area contributed by atoms with Crippen molar-refractivity contribution in [2.75, 3.05) is 13.0 Å². The van der Waals surface area contributed by atoms with Gasteiger partial charge in [-0.05, 0) is 24.6 Å². The third-order valence-corrected chi connectivity index (χ3v) is 6.56. The molecule has 0 amide bonds. The van der Waals surface area contributed by atoms with Gasteiger partial charge in [0, 0.05) is 23.4 Å². The van der Waals surface area contributed by atoms with Crippen molar-refractivity contribution >= 4 is 38.2 Å². The number of pyridine rings is 1. The monoisotopic (exact) mass is 443 g/mol. The summed E-state index contributed by atoms with van der Waals surface area (Å²) in [5.41, 5.74) is 3.93. The van der Waals surface area contributed by atoms with Crippen molar-refractivity contribution in [1.29, 1.82) is 0 Å². The molecule has 0 spiro atoms. The number of rotatable bonds is 3. The molecule has 2 aliphatic heterocycles. The summed E-state index contributed by atoms with van der Waals surface area (Å²) >= 11 is 6.51. The van der Waals surface area contributed by atoms with E-state index in [4.69, 9.17) is 21.1 Å². The van der Waals surface area contributed by atoms with Gasteiger partial charge >= 0.3 is 0 Å². The molecule has 0 unspecified atom stereocenters. The van der Waals surface area contributed by atoms with Gasteiger partial charge in [-0.15, -0.1) is 0 Å². The zero-order valence-corrected chi connectivity index (χ0v) is 17.9. The predicted octanol–water partition coefficient (Wildman–Crippen LogP) is 4.04. The fourth-order valence-corrected chi connectivity index (χ4v) is 4.91. The van der Waals surface area contributed by atoms with Crippen molar-refractivity contribution in [3.63, 3.8) is 0 Å². The van der Waals surface area contributed by atoms with Crippen LogP contribution < -0.4 is 9.47 Å². The highest BCUT2D eigenvalue weighted by atomic mass is 35.5. The first kappa shape index (κ1) is 19.1. The molecule has 5 rings (SSSR count). The van der Waals surface area contributed by atoms with Crippen molar-refractivity contribution in [2.45, 2.75) is 19.4 Å². The minimum atomic E-state index is -3.61. The Balaban J connectivity index is 1.59. The van der Waals surface area contributed by atoms with Crippen LogP contribution in [-0.4, -0.2) is 36.6 Å². The number of hydrogen-bond donors (Lipinski definition) is 0. The van der Waals surface area contributed by atoms with E-state index in [0.29, 0.717) is 34.7 Å². The zero-order chi connectivity index (χ0) is 21.0. The summed E-state index contributed by atoms with van der Waals surface area (Å²) in [5, 5.41) is 5.45. The van der Waals surface area contributed by atoms with E-state index < -0.39 is 16.1 Å². The van der Waals surface area contributed by atoms with Crippen LogP contribution in [0.15, 0.2) is 47.6 Å². The highest BCUT2D eigenvalue weighted by Crippen LogP contribution is 2.41. The molecule has 9 heteroatoms. The molecule has 1 aromatic heterocycles. The van der Waals surface area contributed by atoms with Crippen LogP contribution in [0, 0.1) is 6.92 Å². The number of hydrogen-bond acceptors (Lipinski definition) is 6. The molecule has 7 nitrogen and oxygen atoms in total. The van der Waals surface area contributed by atoms with Crippen LogP contribution in [0.2, 0.25) is 5.15 Å². The van der Waals surface area contributed by atoms with Crippen LogP contribution in [0.3, 0.4) is 0 Å². The Hall–Kier alpha value is -2.84. The maximum atomic E-state index is 12.5. The SMILES string of the molecule is Cc1ccc(C2=NN(S(C)(=O)=O)[C@@H](c3cc4cc5c(cc4nc3Cl)OCO5)C2)cc1. The third kappa shape index (κ3) is 3.26. The second-order valence-corrected chi connectivity index (χ2v) is 9.63. The van der Waals surface area contributed by atoms with E-state index in [2.05, 4.69) is 10.1 Å². The molecular formula is C21H18ClN3O4S. The topological polar surface area (TPSA) is 81.1 Å². The molecule has 1 atom stereocenters. The van der Waals surface area contributed by atoms with Crippen molar-refractivity contribution in [3.05, 3.63) is 64.3 Å². The number of ether oxygens (including phenoxy) is 2. The summed E-state index contributed by atoms with van der Waals surface area (Å²) in [5.74, 6) is 1.24. The van der Waals surface area contributed by atoms with Crippen LogP contribution in [0.5, 0.6) is 11.5 Å². The van der Waals surface area contributed by atoms with E-state index >= 15 is 0 Å². The Kier molecular flexibility index (Phi) is 4.37. The smallest absolute Gasteiger partial charge is 0.247 e. The summed E-state index contributed by atoms with van der Waals surface area (Å²) in [6.45, 7) is 2.16. The van der Waals surface area contributed by atoms with E-state index in [9.17, 15) is 8.42 Å². The maximum Gasteiger partial charge on any atom is 0.247 e. The number of aromatic nitrogens is 1. The van der Waals surface area contributed by atoms with Gasteiger partial charge in [0.05, 0.1) is 23.5 Å². The Morgan fingerprint density at radius 3 is 2.50 bits per heavy atom. The highest BCUT2D eigenvalue weighted by Gasteiger charge is 2.36. The first-order chi connectivity index (χ1) is 14.3. The van der Waals surface area contributed by atoms with Crippen molar-refractivity contribution < 1.29 is 17.9 Å². The van der Waals surface area contributed by atoms with Gasteiger partial charge in [0.2, 0.25) is 16.8 Å². The quantitative estimate of drug-likeness (QED) is 0.571. The number of fused-ring (bicyclic) bond motifs is 2. The molecule has 3 aromatic rings. The Morgan fingerprint density at radius 2 is 1.80 bits per heavy atom. The summed E-state index contributed by atoms with van der Waals surface area (Å²) in [7, 11) is -3.61. The zero-order valence-electron chi connectivity index (χ0n) is 16.3. The van der Waals surface area contributed by atoms with Gasteiger partial charge in [0.25, 0.3) is 0 Å². The van der Waals surface area contributed by atoms with Crippen LogP contribution in [-0.2, 0) is 10.0 Å². The van der Waals surface area contributed by atoms with Gasteiger partial charge in [-0.2, -0.15) is 9.52 Å². The second kappa shape index (κ2) is 6.85. The van der Waals surface area contributed by atoms with Gasteiger partial charge in [-0.25, -0.2) is 13.4 Å². The van der Waals surface area contributed by atoms with Crippen LogP contribution >= 0.6 is 11.6 Å².